The average molecular weight is 390 g/mol. The number of carbonyl (C=O) groups is 2. The Morgan fingerprint density at radius 1 is 1.17 bits per heavy atom. The first kappa shape index (κ1) is 18.9. The van der Waals surface area contributed by atoms with E-state index in [1.165, 1.54) is 0 Å². The first-order valence-corrected chi connectivity index (χ1v) is 9.50. The Hall–Kier alpha value is -3.45. The molecule has 29 heavy (non-hydrogen) atoms. The van der Waals surface area contributed by atoms with E-state index in [9.17, 15) is 9.59 Å². The summed E-state index contributed by atoms with van der Waals surface area (Å²) in [5.41, 5.74) is 5.81. The zero-order valence-corrected chi connectivity index (χ0v) is 16.1. The Morgan fingerprint density at radius 2 is 2.00 bits per heavy atom. The quantitative estimate of drug-likeness (QED) is 0.563. The number of aromatic amines is 1. The fourth-order valence-corrected chi connectivity index (χ4v) is 3.37. The fraction of sp³-hybridized carbons (Fsp3) is 0.227. The summed E-state index contributed by atoms with van der Waals surface area (Å²) in [6.07, 6.45) is 2.54. The summed E-state index contributed by atoms with van der Waals surface area (Å²) in [5.74, 6) is -0.173. The normalized spacial score (nSPS) is 12.9. The number of carbonyl (C=O) groups excluding carboxylic acids is 2. The Balaban J connectivity index is 1.55. The Morgan fingerprint density at radius 3 is 2.76 bits per heavy atom. The van der Waals surface area contributed by atoms with Gasteiger partial charge >= 0.3 is 0 Å². The van der Waals surface area contributed by atoms with E-state index in [2.05, 4.69) is 20.6 Å². The number of pyridine rings is 1. The number of nitrogens with zero attached hydrogens (tertiary/aromatic N) is 1. The van der Waals surface area contributed by atoms with E-state index >= 15 is 0 Å². The smallest absolute Gasteiger partial charge is 0.253 e. The number of fused-ring (bicyclic) bond motifs is 1. The molecule has 4 rings (SSSR count). The lowest BCUT2D eigenvalue weighted by atomic mass is 10.0. The van der Waals surface area contributed by atoms with E-state index in [1.54, 1.807) is 25.4 Å². The van der Waals surface area contributed by atoms with Crippen LogP contribution in [0.4, 0.5) is 0 Å². The zero-order chi connectivity index (χ0) is 20.2. The van der Waals surface area contributed by atoms with Gasteiger partial charge in [-0.15, -0.1) is 0 Å². The second-order valence-electron chi connectivity index (χ2n) is 6.84. The van der Waals surface area contributed by atoms with E-state index in [0.717, 1.165) is 34.6 Å². The van der Waals surface area contributed by atoms with Gasteiger partial charge in [0.1, 0.15) is 0 Å². The van der Waals surface area contributed by atoms with Crippen LogP contribution in [-0.2, 0) is 11.2 Å². The van der Waals surface area contributed by atoms with Crippen molar-refractivity contribution in [2.75, 3.05) is 26.8 Å². The van der Waals surface area contributed by atoms with Gasteiger partial charge in [0.25, 0.3) is 11.8 Å². The highest BCUT2D eigenvalue weighted by Crippen LogP contribution is 2.27. The molecule has 0 saturated carbocycles. The third-order valence-electron chi connectivity index (χ3n) is 4.91. The van der Waals surface area contributed by atoms with Gasteiger partial charge in [0, 0.05) is 60.9 Å². The molecule has 3 aromatic rings. The van der Waals surface area contributed by atoms with Crippen molar-refractivity contribution in [2.24, 2.45) is 0 Å². The Bertz CT molecular complexity index is 1040. The molecule has 0 spiro atoms. The van der Waals surface area contributed by atoms with Crippen molar-refractivity contribution in [3.8, 4) is 22.5 Å². The molecule has 148 valence electrons. The predicted molar refractivity (Wildman–Crippen MR) is 110 cm³/mol. The summed E-state index contributed by atoms with van der Waals surface area (Å²) in [4.78, 5) is 31.9. The maximum absolute atomic E-state index is 12.1. The van der Waals surface area contributed by atoms with Gasteiger partial charge in [-0.25, -0.2) is 0 Å². The molecule has 2 amide bonds. The van der Waals surface area contributed by atoms with Gasteiger partial charge in [-0.2, -0.15) is 0 Å². The van der Waals surface area contributed by atoms with E-state index < -0.39 is 0 Å². The van der Waals surface area contributed by atoms with Crippen LogP contribution in [-0.4, -0.2) is 48.6 Å². The predicted octanol–water partition coefficient (Wildman–Crippen LogP) is 2.41. The molecule has 7 nitrogen and oxygen atoms in total. The summed E-state index contributed by atoms with van der Waals surface area (Å²) >= 11 is 0. The van der Waals surface area contributed by atoms with Crippen LogP contribution in [0.25, 0.3) is 22.5 Å². The molecule has 2 aromatic heterocycles. The highest BCUT2D eigenvalue weighted by Gasteiger charge is 2.20. The van der Waals surface area contributed by atoms with Crippen molar-refractivity contribution in [1.82, 2.24) is 20.6 Å². The summed E-state index contributed by atoms with van der Waals surface area (Å²) in [6.45, 7) is 1.60. The van der Waals surface area contributed by atoms with Gasteiger partial charge in [-0.3, -0.25) is 14.6 Å². The van der Waals surface area contributed by atoms with Gasteiger partial charge in [-0.05, 0) is 30.3 Å². The fourth-order valence-electron chi connectivity index (χ4n) is 3.37. The lowest BCUT2D eigenvalue weighted by Gasteiger charge is -2.11. The first-order chi connectivity index (χ1) is 14.2. The van der Waals surface area contributed by atoms with Crippen molar-refractivity contribution in [1.29, 1.82) is 0 Å². The number of aromatic nitrogens is 2. The summed E-state index contributed by atoms with van der Waals surface area (Å²) < 4.78 is 4.94. The molecule has 0 fully saturated rings. The van der Waals surface area contributed by atoms with Crippen LogP contribution in [0.3, 0.4) is 0 Å². The SMILES string of the molecule is COCCNC(=O)c1ccc(-c2cc(-c3cc4c([nH]3)CCNC4=O)ccn2)cc1. The summed E-state index contributed by atoms with van der Waals surface area (Å²) in [6, 6.07) is 13.1. The van der Waals surface area contributed by atoms with Crippen molar-refractivity contribution >= 4 is 11.8 Å². The molecule has 0 aliphatic carbocycles. The molecule has 0 atom stereocenters. The second kappa shape index (κ2) is 8.28. The average Bonchev–Trinajstić information content (AvgIpc) is 3.20. The minimum absolute atomic E-state index is 0.0394. The standard InChI is InChI=1S/C22H22N4O3/c1-29-11-10-25-21(27)15-4-2-14(3-5-15)19-12-16(6-8-23-19)20-13-17-18(26-20)7-9-24-22(17)28/h2-6,8,12-13,26H,7,9-11H2,1H3,(H,24,28)(H,25,27). The molecular weight excluding hydrogens is 368 g/mol. The van der Waals surface area contributed by atoms with Gasteiger partial charge in [0.2, 0.25) is 0 Å². The Labute approximate surface area is 168 Å². The first-order valence-electron chi connectivity index (χ1n) is 9.50. The van der Waals surface area contributed by atoms with Gasteiger partial charge < -0.3 is 20.4 Å². The number of H-pyrrole nitrogens is 1. The maximum atomic E-state index is 12.1. The number of nitrogens with one attached hydrogen (secondary N) is 3. The second-order valence-corrected chi connectivity index (χ2v) is 6.84. The van der Waals surface area contributed by atoms with Crippen LogP contribution in [0.5, 0.6) is 0 Å². The maximum Gasteiger partial charge on any atom is 0.253 e. The molecule has 1 aliphatic heterocycles. The van der Waals surface area contributed by atoms with Crippen LogP contribution < -0.4 is 10.6 Å². The summed E-state index contributed by atoms with van der Waals surface area (Å²) in [7, 11) is 1.60. The topological polar surface area (TPSA) is 96.1 Å². The number of ether oxygens (including phenoxy) is 1. The van der Waals surface area contributed by atoms with Gasteiger partial charge in [-0.1, -0.05) is 12.1 Å². The Kier molecular flexibility index (Phi) is 5.39. The van der Waals surface area contributed by atoms with Crippen LogP contribution in [0.2, 0.25) is 0 Å². The van der Waals surface area contributed by atoms with Crippen LogP contribution in [0.1, 0.15) is 26.4 Å². The summed E-state index contributed by atoms with van der Waals surface area (Å²) in [5, 5.41) is 5.66. The third kappa shape index (κ3) is 4.05. The highest BCUT2D eigenvalue weighted by molar-refractivity contribution is 5.98. The zero-order valence-electron chi connectivity index (χ0n) is 16.1. The van der Waals surface area contributed by atoms with Gasteiger partial charge in [0.05, 0.1) is 17.9 Å². The molecule has 7 heteroatoms. The molecule has 3 N–H and O–H groups in total. The molecule has 0 unspecified atom stereocenters. The van der Waals surface area contributed by atoms with Crippen LogP contribution >= 0.6 is 0 Å². The molecule has 3 heterocycles. The minimum Gasteiger partial charge on any atom is -0.383 e. The third-order valence-corrected chi connectivity index (χ3v) is 4.91. The van der Waals surface area contributed by atoms with Crippen LogP contribution in [0, 0.1) is 0 Å². The molecular formula is C22H22N4O3. The number of hydrogen-bond donors (Lipinski definition) is 3. The number of hydrogen-bond acceptors (Lipinski definition) is 4. The van der Waals surface area contributed by atoms with E-state index in [4.69, 9.17) is 4.74 Å². The number of benzene rings is 1. The van der Waals surface area contributed by atoms with Crippen molar-refractivity contribution < 1.29 is 14.3 Å². The number of amides is 2. The molecule has 0 radical (unpaired) electrons. The lowest BCUT2D eigenvalue weighted by Crippen LogP contribution is -2.31. The monoisotopic (exact) mass is 390 g/mol. The van der Waals surface area contributed by atoms with E-state index in [-0.39, 0.29) is 11.8 Å². The molecule has 0 bridgehead atoms. The van der Waals surface area contributed by atoms with E-state index in [0.29, 0.717) is 30.8 Å². The lowest BCUT2D eigenvalue weighted by molar-refractivity contribution is 0.0932. The highest BCUT2D eigenvalue weighted by atomic mass is 16.5. The number of methoxy groups -OCH3 is 1. The van der Waals surface area contributed by atoms with Crippen molar-refractivity contribution in [2.45, 2.75) is 6.42 Å². The van der Waals surface area contributed by atoms with Gasteiger partial charge in [0.15, 0.2) is 0 Å². The molecule has 0 saturated heterocycles. The largest absolute Gasteiger partial charge is 0.383 e. The van der Waals surface area contributed by atoms with E-state index in [1.807, 2.05) is 30.3 Å². The van der Waals surface area contributed by atoms with Crippen molar-refractivity contribution in [3.05, 3.63) is 65.5 Å². The number of rotatable bonds is 6. The van der Waals surface area contributed by atoms with Crippen molar-refractivity contribution in [3.63, 3.8) is 0 Å². The van der Waals surface area contributed by atoms with Crippen LogP contribution in [0.15, 0.2) is 48.7 Å². The minimum atomic E-state index is -0.134. The molecule has 1 aliphatic rings. The molecule has 1 aromatic carbocycles.